The zero-order valence-electron chi connectivity index (χ0n) is 12.1. The zero-order chi connectivity index (χ0) is 14.9. The summed E-state index contributed by atoms with van der Waals surface area (Å²) in [5.41, 5.74) is 0.883. The second-order valence-corrected chi connectivity index (χ2v) is 7.27. The van der Waals surface area contributed by atoms with E-state index in [9.17, 15) is 5.11 Å². The molecule has 20 heavy (non-hydrogen) atoms. The van der Waals surface area contributed by atoms with E-state index in [4.69, 9.17) is 16.3 Å². The summed E-state index contributed by atoms with van der Waals surface area (Å²) in [6.45, 7) is 6.50. The summed E-state index contributed by atoms with van der Waals surface area (Å²) in [4.78, 5) is 2.19. The Balaban J connectivity index is 2.31. The van der Waals surface area contributed by atoms with Crippen molar-refractivity contribution < 1.29 is 9.84 Å². The molecule has 1 atom stereocenters. The van der Waals surface area contributed by atoms with Crippen LogP contribution in [0.5, 0.6) is 5.75 Å². The van der Waals surface area contributed by atoms with E-state index in [1.54, 1.807) is 30.6 Å². The topological polar surface area (TPSA) is 29.5 Å². The van der Waals surface area contributed by atoms with Crippen molar-refractivity contribution in [1.82, 2.24) is 0 Å². The standard InChI is InChI=1S/C16H19ClO2S/c1-16(2,3)14-8-7-13(20-14)15(18)10-5-6-11(17)12(9-10)19-4/h5-9,15,18H,1-4H3. The first-order chi connectivity index (χ1) is 9.32. The first-order valence-corrected chi connectivity index (χ1v) is 7.64. The summed E-state index contributed by atoms with van der Waals surface area (Å²) in [5, 5.41) is 11.0. The van der Waals surface area contributed by atoms with Gasteiger partial charge in [0.05, 0.1) is 12.1 Å². The fourth-order valence-electron chi connectivity index (χ4n) is 1.91. The molecule has 0 aliphatic carbocycles. The zero-order valence-corrected chi connectivity index (χ0v) is 13.7. The average molecular weight is 311 g/mol. The normalized spacial score (nSPS) is 13.3. The van der Waals surface area contributed by atoms with E-state index in [2.05, 4.69) is 26.8 Å². The monoisotopic (exact) mass is 310 g/mol. The van der Waals surface area contributed by atoms with Crippen LogP contribution in [0, 0.1) is 0 Å². The third-order valence-electron chi connectivity index (χ3n) is 3.13. The smallest absolute Gasteiger partial charge is 0.137 e. The fourth-order valence-corrected chi connectivity index (χ4v) is 3.19. The molecule has 2 aromatic rings. The lowest BCUT2D eigenvalue weighted by Gasteiger charge is -2.16. The highest BCUT2D eigenvalue weighted by molar-refractivity contribution is 7.12. The number of methoxy groups -OCH3 is 1. The Labute approximate surface area is 129 Å². The lowest BCUT2D eigenvalue weighted by atomic mass is 9.95. The van der Waals surface area contributed by atoms with Crippen molar-refractivity contribution >= 4 is 22.9 Å². The van der Waals surface area contributed by atoms with E-state index < -0.39 is 6.10 Å². The molecule has 0 amide bonds. The van der Waals surface area contributed by atoms with Gasteiger partial charge in [0.2, 0.25) is 0 Å². The minimum atomic E-state index is -0.651. The van der Waals surface area contributed by atoms with Crippen molar-refractivity contribution in [2.24, 2.45) is 0 Å². The Morgan fingerprint density at radius 2 is 1.90 bits per heavy atom. The van der Waals surface area contributed by atoms with Gasteiger partial charge in [-0.15, -0.1) is 11.3 Å². The van der Waals surface area contributed by atoms with Gasteiger partial charge >= 0.3 is 0 Å². The van der Waals surface area contributed by atoms with Crippen LogP contribution < -0.4 is 4.74 Å². The highest BCUT2D eigenvalue weighted by atomic mass is 35.5. The minimum Gasteiger partial charge on any atom is -0.495 e. The molecule has 1 N–H and O–H groups in total. The number of rotatable bonds is 3. The average Bonchev–Trinajstić information content (AvgIpc) is 2.88. The van der Waals surface area contributed by atoms with Gasteiger partial charge in [0.15, 0.2) is 0 Å². The molecular formula is C16H19ClO2S. The van der Waals surface area contributed by atoms with E-state index in [1.807, 2.05) is 12.1 Å². The number of hydrogen-bond acceptors (Lipinski definition) is 3. The van der Waals surface area contributed by atoms with Crippen LogP contribution >= 0.6 is 22.9 Å². The van der Waals surface area contributed by atoms with Gasteiger partial charge in [-0.05, 0) is 35.2 Å². The first kappa shape index (κ1) is 15.4. The molecule has 1 unspecified atom stereocenters. The minimum absolute atomic E-state index is 0.0975. The first-order valence-electron chi connectivity index (χ1n) is 6.44. The van der Waals surface area contributed by atoms with E-state index in [1.165, 1.54) is 4.88 Å². The van der Waals surface area contributed by atoms with Crippen LogP contribution in [-0.2, 0) is 5.41 Å². The second kappa shape index (κ2) is 5.76. The predicted molar refractivity (Wildman–Crippen MR) is 85.1 cm³/mol. The van der Waals surface area contributed by atoms with Crippen LogP contribution in [0.3, 0.4) is 0 Å². The molecule has 0 radical (unpaired) electrons. The van der Waals surface area contributed by atoms with Gasteiger partial charge in [-0.25, -0.2) is 0 Å². The van der Waals surface area contributed by atoms with Gasteiger partial charge in [-0.2, -0.15) is 0 Å². The largest absolute Gasteiger partial charge is 0.495 e. The molecule has 0 saturated heterocycles. The van der Waals surface area contributed by atoms with Crippen molar-refractivity contribution in [3.05, 3.63) is 50.7 Å². The summed E-state index contributed by atoms with van der Waals surface area (Å²) >= 11 is 7.64. The Kier molecular flexibility index (Phi) is 4.43. The highest BCUT2D eigenvalue weighted by Crippen LogP contribution is 2.36. The van der Waals surface area contributed by atoms with Crippen molar-refractivity contribution in [1.29, 1.82) is 0 Å². The van der Waals surface area contributed by atoms with Crippen LogP contribution in [0.25, 0.3) is 0 Å². The number of aliphatic hydroxyl groups is 1. The van der Waals surface area contributed by atoms with E-state index in [0.29, 0.717) is 10.8 Å². The fraction of sp³-hybridized carbons (Fsp3) is 0.375. The Bertz CT molecular complexity index is 599. The van der Waals surface area contributed by atoms with E-state index in [-0.39, 0.29) is 5.41 Å². The summed E-state index contributed by atoms with van der Waals surface area (Å²) in [7, 11) is 1.57. The van der Waals surface area contributed by atoms with Gasteiger partial charge in [-0.3, -0.25) is 0 Å². The number of halogens is 1. The Morgan fingerprint density at radius 3 is 2.45 bits per heavy atom. The number of hydrogen-bond donors (Lipinski definition) is 1. The van der Waals surface area contributed by atoms with Crippen LogP contribution in [-0.4, -0.2) is 12.2 Å². The molecule has 1 heterocycles. The Morgan fingerprint density at radius 1 is 1.20 bits per heavy atom. The van der Waals surface area contributed by atoms with Crippen LogP contribution in [0.15, 0.2) is 30.3 Å². The molecule has 0 aliphatic heterocycles. The van der Waals surface area contributed by atoms with Crippen molar-refractivity contribution in [2.75, 3.05) is 7.11 Å². The van der Waals surface area contributed by atoms with Gasteiger partial charge in [0, 0.05) is 9.75 Å². The van der Waals surface area contributed by atoms with E-state index >= 15 is 0 Å². The lowest BCUT2D eigenvalue weighted by Crippen LogP contribution is -2.07. The maximum atomic E-state index is 10.5. The van der Waals surface area contributed by atoms with Gasteiger partial charge in [0.1, 0.15) is 11.9 Å². The lowest BCUT2D eigenvalue weighted by molar-refractivity contribution is 0.223. The summed E-state index contributed by atoms with van der Waals surface area (Å²) < 4.78 is 5.19. The third kappa shape index (κ3) is 3.17. The van der Waals surface area contributed by atoms with Crippen LogP contribution in [0.2, 0.25) is 5.02 Å². The quantitative estimate of drug-likeness (QED) is 0.883. The molecule has 108 valence electrons. The molecule has 0 aliphatic rings. The molecule has 4 heteroatoms. The molecule has 2 rings (SSSR count). The maximum Gasteiger partial charge on any atom is 0.137 e. The van der Waals surface area contributed by atoms with Crippen molar-refractivity contribution in [3.8, 4) is 5.75 Å². The SMILES string of the molecule is COc1cc(C(O)c2ccc(C(C)(C)C)s2)ccc1Cl. The van der Waals surface area contributed by atoms with Gasteiger partial charge in [0.25, 0.3) is 0 Å². The molecule has 2 nitrogen and oxygen atoms in total. The molecule has 0 fully saturated rings. The van der Waals surface area contributed by atoms with Crippen LogP contribution in [0.4, 0.5) is 0 Å². The number of thiophene rings is 1. The number of aliphatic hydroxyl groups excluding tert-OH is 1. The molecule has 0 bridgehead atoms. The molecule has 1 aromatic carbocycles. The molecule has 1 aromatic heterocycles. The van der Waals surface area contributed by atoms with E-state index in [0.717, 1.165) is 10.4 Å². The molecule has 0 spiro atoms. The summed E-state index contributed by atoms with van der Waals surface area (Å²) in [6, 6.07) is 9.42. The van der Waals surface area contributed by atoms with Crippen molar-refractivity contribution in [2.45, 2.75) is 32.3 Å². The number of ether oxygens (including phenoxy) is 1. The summed E-state index contributed by atoms with van der Waals surface area (Å²) in [6.07, 6.45) is -0.651. The van der Waals surface area contributed by atoms with Gasteiger partial charge < -0.3 is 9.84 Å². The number of benzene rings is 1. The molecular weight excluding hydrogens is 292 g/mol. The summed E-state index contributed by atoms with van der Waals surface area (Å²) in [5.74, 6) is 0.579. The predicted octanol–water partition coefficient (Wildman–Crippen LogP) is 4.79. The maximum absolute atomic E-state index is 10.5. The van der Waals surface area contributed by atoms with Crippen LogP contribution in [0.1, 0.15) is 42.2 Å². The molecule has 0 saturated carbocycles. The highest BCUT2D eigenvalue weighted by Gasteiger charge is 2.20. The van der Waals surface area contributed by atoms with Gasteiger partial charge in [-0.1, -0.05) is 38.4 Å². The Hall–Kier alpha value is -1.03. The van der Waals surface area contributed by atoms with Crippen molar-refractivity contribution in [3.63, 3.8) is 0 Å². The third-order valence-corrected chi connectivity index (χ3v) is 5.00. The second-order valence-electron chi connectivity index (χ2n) is 5.75.